The second kappa shape index (κ2) is 9.44. The van der Waals surface area contributed by atoms with Crippen LogP contribution in [-0.2, 0) is 17.7 Å². The van der Waals surface area contributed by atoms with E-state index in [0.29, 0.717) is 11.8 Å². The van der Waals surface area contributed by atoms with Crippen molar-refractivity contribution >= 4 is 12.0 Å². The lowest BCUT2D eigenvalue weighted by atomic mass is 9.88. The number of aryl methyl sites for hydroxylation is 1. The summed E-state index contributed by atoms with van der Waals surface area (Å²) >= 11 is 0. The quantitative estimate of drug-likeness (QED) is 0.601. The van der Waals surface area contributed by atoms with Crippen LogP contribution >= 0.6 is 0 Å². The second-order valence-corrected chi connectivity index (χ2v) is 11.3. The largest absolute Gasteiger partial charge is 0.444 e. The third-order valence-electron chi connectivity index (χ3n) is 7.33. The van der Waals surface area contributed by atoms with Crippen molar-refractivity contribution in [1.82, 2.24) is 9.80 Å². The number of ether oxygens (including phenoxy) is 1. The SMILES string of the molecule is Cc1cc(CC2CCN(C(=O)OC(C)(C)C)CC2)cc2c1C(=O)N(CC1CCCCC1)C2. The van der Waals surface area contributed by atoms with Gasteiger partial charge in [0.05, 0.1) is 0 Å². The summed E-state index contributed by atoms with van der Waals surface area (Å²) in [7, 11) is 0. The molecule has 5 heteroatoms. The molecule has 0 N–H and O–H groups in total. The number of amides is 2. The zero-order chi connectivity index (χ0) is 22.9. The number of piperidine rings is 1. The number of benzene rings is 1. The van der Waals surface area contributed by atoms with Gasteiger partial charge in [-0.3, -0.25) is 4.79 Å². The van der Waals surface area contributed by atoms with E-state index in [2.05, 4.69) is 24.0 Å². The molecule has 0 bridgehead atoms. The normalized spacial score (nSPS) is 20.6. The molecule has 3 aliphatic rings. The van der Waals surface area contributed by atoms with Crippen molar-refractivity contribution in [3.05, 3.63) is 34.4 Å². The van der Waals surface area contributed by atoms with E-state index in [9.17, 15) is 9.59 Å². The Hall–Kier alpha value is -2.04. The fourth-order valence-electron chi connectivity index (χ4n) is 5.73. The number of hydrogen-bond acceptors (Lipinski definition) is 3. The van der Waals surface area contributed by atoms with Crippen LogP contribution in [0.4, 0.5) is 4.79 Å². The van der Waals surface area contributed by atoms with E-state index in [4.69, 9.17) is 4.74 Å². The van der Waals surface area contributed by atoms with E-state index in [1.807, 2.05) is 25.7 Å². The molecule has 2 heterocycles. The Morgan fingerprint density at radius 1 is 1.03 bits per heavy atom. The van der Waals surface area contributed by atoms with Gasteiger partial charge in [-0.1, -0.05) is 31.4 Å². The van der Waals surface area contributed by atoms with Crippen molar-refractivity contribution in [2.75, 3.05) is 19.6 Å². The van der Waals surface area contributed by atoms with Crippen LogP contribution in [0.5, 0.6) is 0 Å². The molecule has 4 rings (SSSR count). The van der Waals surface area contributed by atoms with Gasteiger partial charge >= 0.3 is 6.09 Å². The second-order valence-electron chi connectivity index (χ2n) is 11.3. The van der Waals surface area contributed by atoms with Crippen LogP contribution in [0.1, 0.15) is 92.8 Å². The molecular weight excluding hydrogens is 400 g/mol. The van der Waals surface area contributed by atoms with Crippen molar-refractivity contribution in [2.45, 2.75) is 91.2 Å². The first kappa shape index (κ1) is 23.1. The Kier molecular flexibility index (Phi) is 6.83. The van der Waals surface area contributed by atoms with Crippen molar-refractivity contribution in [3.8, 4) is 0 Å². The maximum atomic E-state index is 13.1. The summed E-state index contributed by atoms with van der Waals surface area (Å²) in [6, 6.07) is 4.50. The van der Waals surface area contributed by atoms with Gasteiger partial charge in [0.15, 0.2) is 0 Å². The number of rotatable bonds is 4. The monoisotopic (exact) mass is 440 g/mol. The molecule has 176 valence electrons. The number of hydrogen-bond donors (Lipinski definition) is 0. The maximum Gasteiger partial charge on any atom is 0.410 e. The van der Waals surface area contributed by atoms with Crippen LogP contribution in [0, 0.1) is 18.8 Å². The van der Waals surface area contributed by atoms with Gasteiger partial charge in [-0.2, -0.15) is 0 Å². The van der Waals surface area contributed by atoms with Crippen LogP contribution in [0.15, 0.2) is 12.1 Å². The molecule has 1 saturated carbocycles. The lowest BCUT2D eigenvalue weighted by Gasteiger charge is -2.33. The topological polar surface area (TPSA) is 49.9 Å². The number of fused-ring (bicyclic) bond motifs is 1. The van der Waals surface area contributed by atoms with E-state index in [-0.39, 0.29) is 12.0 Å². The highest BCUT2D eigenvalue weighted by atomic mass is 16.6. The fraction of sp³-hybridized carbons (Fsp3) is 0.704. The summed E-state index contributed by atoms with van der Waals surface area (Å²) in [6.45, 7) is 11.0. The van der Waals surface area contributed by atoms with Crippen molar-refractivity contribution < 1.29 is 14.3 Å². The molecule has 0 atom stereocenters. The first-order valence-corrected chi connectivity index (χ1v) is 12.6. The number of carbonyl (C=O) groups excluding carboxylic acids is 2. The third-order valence-corrected chi connectivity index (χ3v) is 7.33. The summed E-state index contributed by atoms with van der Waals surface area (Å²) in [5, 5.41) is 0. The molecule has 32 heavy (non-hydrogen) atoms. The van der Waals surface area contributed by atoms with Gasteiger partial charge in [-0.05, 0) is 88.3 Å². The molecule has 2 amide bonds. The summed E-state index contributed by atoms with van der Waals surface area (Å²) in [4.78, 5) is 29.3. The molecule has 2 fully saturated rings. The van der Waals surface area contributed by atoms with Crippen LogP contribution in [0.25, 0.3) is 0 Å². The summed E-state index contributed by atoms with van der Waals surface area (Å²) in [5.74, 6) is 1.49. The Morgan fingerprint density at radius 3 is 2.38 bits per heavy atom. The predicted molar refractivity (Wildman–Crippen MR) is 127 cm³/mol. The van der Waals surface area contributed by atoms with Crippen LogP contribution < -0.4 is 0 Å². The molecule has 0 spiro atoms. The minimum absolute atomic E-state index is 0.194. The van der Waals surface area contributed by atoms with Gasteiger partial charge in [0.25, 0.3) is 5.91 Å². The minimum Gasteiger partial charge on any atom is -0.444 e. The van der Waals surface area contributed by atoms with Gasteiger partial charge in [-0.25, -0.2) is 4.79 Å². The molecule has 0 radical (unpaired) electrons. The molecule has 1 saturated heterocycles. The smallest absolute Gasteiger partial charge is 0.410 e. The van der Waals surface area contributed by atoms with Crippen LogP contribution in [-0.4, -0.2) is 47.0 Å². The Morgan fingerprint density at radius 2 is 1.72 bits per heavy atom. The van der Waals surface area contributed by atoms with Crippen molar-refractivity contribution in [2.24, 2.45) is 11.8 Å². The summed E-state index contributed by atoms with van der Waals surface area (Å²) in [6.07, 6.45) is 9.35. The molecule has 1 aromatic carbocycles. The van der Waals surface area contributed by atoms with Crippen molar-refractivity contribution in [3.63, 3.8) is 0 Å². The lowest BCUT2D eigenvalue weighted by Crippen LogP contribution is -2.42. The van der Waals surface area contributed by atoms with Crippen LogP contribution in [0.2, 0.25) is 0 Å². The number of carbonyl (C=O) groups is 2. The van der Waals surface area contributed by atoms with Crippen LogP contribution in [0.3, 0.4) is 0 Å². The molecule has 1 aromatic rings. The fourth-order valence-corrected chi connectivity index (χ4v) is 5.73. The molecule has 0 aromatic heterocycles. The first-order valence-electron chi connectivity index (χ1n) is 12.6. The van der Waals surface area contributed by atoms with Gasteiger partial charge in [0.2, 0.25) is 0 Å². The number of likely N-dealkylation sites (tertiary alicyclic amines) is 1. The molecular formula is C27H40N2O3. The molecule has 1 aliphatic carbocycles. The zero-order valence-electron chi connectivity index (χ0n) is 20.4. The standard InChI is InChI=1S/C27H40N2O3/c1-19-14-22(15-20-10-12-28(13-11-20)26(31)32-27(2,3)4)16-23-18-29(25(30)24(19)23)17-21-8-6-5-7-9-21/h14,16,20-21H,5-13,15,17-18H2,1-4H3. The molecule has 5 nitrogen and oxygen atoms in total. The predicted octanol–water partition coefficient (Wildman–Crippen LogP) is 5.72. The highest BCUT2D eigenvalue weighted by molar-refractivity contribution is 5.99. The zero-order valence-corrected chi connectivity index (χ0v) is 20.4. The maximum absolute atomic E-state index is 13.1. The van der Waals surface area contributed by atoms with E-state index in [0.717, 1.165) is 56.6 Å². The Balaban J connectivity index is 1.34. The van der Waals surface area contributed by atoms with Gasteiger partial charge in [-0.15, -0.1) is 0 Å². The van der Waals surface area contributed by atoms with Crippen molar-refractivity contribution in [1.29, 1.82) is 0 Å². The average Bonchev–Trinajstić information content (AvgIpc) is 3.03. The summed E-state index contributed by atoms with van der Waals surface area (Å²) in [5.41, 5.74) is 4.18. The summed E-state index contributed by atoms with van der Waals surface area (Å²) < 4.78 is 5.52. The lowest BCUT2D eigenvalue weighted by molar-refractivity contribution is 0.0184. The Labute approximate surface area is 193 Å². The third kappa shape index (κ3) is 5.47. The highest BCUT2D eigenvalue weighted by Crippen LogP contribution is 2.32. The van der Waals surface area contributed by atoms with Gasteiger partial charge in [0.1, 0.15) is 5.60 Å². The van der Waals surface area contributed by atoms with Gasteiger partial charge < -0.3 is 14.5 Å². The van der Waals surface area contributed by atoms with E-state index in [1.54, 1.807) is 0 Å². The molecule has 2 aliphatic heterocycles. The molecule has 0 unspecified atom stereocenters. The number of nitrogens with zero attached hydrogens (tertiary/aromatic N) is 2. The average molecular weight is 441 g/mol. The highest BCUT2D eigenvalue weighted by Gasteiger charge is 2.32. The van der Waals surface area contributed by atoms with E-state index in [1.165, 1.54) is 43.2 Å². The first-order chi connectivity index (χ1) is 15.2. The minimum atomic E-state index is -0.446. The Bertz CT molecular complexity index is 843. The van der Waals surface area contributed by atoms with E-state index >= 15 is 0 Å². The van der Waals surface area contributed by atoms with Gasteiger partial charge in [0, 0.05) is 31.7 Å². The van der Waals surface area contributed by atoms with E-state index < -0.39 is 5.60 Å².